The quantitative estimate of drug-likeness (QED) is 0.798. The van der Waals surface area contributed by atoms with E-state index in [1.165, 1.54) is 5.56 Å². The molecule has 1 aromatic carbocycles. The fraction of sp³-hybridized carbons (Fsp3) is 0.211. The summed E-state index contributed by atoms with van der Waals surface area (Å²) in [4.78, 5) is 22.7. The Bertz CT molecular complexity index is 830. The summed E-state index contributed by atoms with van der Waals surface area (Å²) in [5, 5.41) is 2.98. The molecule has 1 N–H and O–H groups in total. The summed E-state index contributed by atoms with van der Waals surface area (Å²) in [7, 11) is 0. The predicted molar refractivity (Wildman–Crippen MR) is 94.1 cm³/mol. The van der Waals surface area contributed by atoms with Crippen molar-refractivity contribution in [2.24, 2.45) is 0 Å². The molecule has 1 saturated heterocycles. The van der Waals surface area contributed by atoms with E-state index in [1.54, 1.807) is 18.7 Å². The van der Waals surface area contributed by atoms with Crippen LogP contribution in [-0.2, 0) is 6.54 Å². The Hall–Kier alpha value is -3.15. The van der Waals surface area contributed by atoms with Gasteiger partial charge in [-0.1, -0.05) is 36.4 Å². The van der Waals surface area contributed by atoms with E-state index in [1.807, 2.05) is 46.0 Å². The van der Waals surface area contributed by atoms with Gasteiger partial charge in [0, 0.05) is 31.7 Å². The number of nitrogens with one attached hydrogen (secondary N) is 1. The van der Waals surface area contributed by atoms with Gasteiger partial charge in [-0.25, -0.2) is 14.8 Å². The van der Waals surface area contributed by atoms with Gasteiger partial charge in [0.15, 0.2) is 0 Å². The number of urea groups is 1. The molecule has 3 heterocycles. The highest BCUT2D eigenvalue weighted by molar-refractivity contribution is 5.75. The van der Waals surface area contributed by atoms with Crippen molar-refractivity contribution in [1.82, 2.24) is 24.8 Å². The predicted octanol–water partition coefficient (Wildman–Crippen LogP) is 2.92. The number of pyridine rings is 1. The van der Waals surface area contributed by atoms with Gasteiger partial charge in [0.2, 0.25) is 0 Å². The van der Waals surface area contributed by atoms with E-state index in [0.717, 1.165) is 24.3 Å². The minimum absolute atomic E-state index is 0.0289. The molecule has 3 aromatic rings. The molecule has 0 bridgehead atoms. The number of likely N-dealkylation sites (tertiary alicyclic amines) is 1. The number of aromatic nitrogens is 3. The highest BCUT2D eigenvalue weighted by Crippen LogP contribution is 2.32. The molecule has 4 rings (SSSR count). The van der Waals surface area contributed by atoms with Crippen LogP contribution in [0.5, 0.6) is 0 Å². The van der Waals surface area contributed by atoms with Gasteiger partial charge in [-0.2, -0.15) is 0 Å². The van der Waals surface area contributed by atoms with Crippen LogP contribution >= 0.6 is 0 Å². The van der Waals surface area contributed by atoms with Crippen LogP contribution in [0.2, 0.25) is 0 Å². The third-order valence-corrected chi connectivity index (χ3v) is 4.49. The van der Waals surface area contributed by atoms with Crippen molar-refractivity contribution >= 4 is 6.03 Å². The molecule has 126 valence electrons. The minimum Gasteiger partial charge on any atom is -0.334 e. The zero-order valence-electron chi connectivity index (χ0n) is 13.7. The van der Waals surface area contributed by atoms with Crippen molar-refractivity contribution in [3.63, 3.8) is 0 Å². The molecule has 2 amide bonds. The van der Waals surface area contributed by atoms with Gasteiger partial charge in [-0.15, -0.1) is 0 Å². The Labute approximate surface area is 146 Å². The van der Waals surface area contributed by atoms with Gasteiger partial charge >= 0.3 is 6.03 Å². The van der Waals surface area contributed by atoms with Gasteiger partial charge in [0.1, 0.15) is 12.1 Å². The second-order valence-electron chi connectivity index (χ2n) is 6.06. The van der Waals surface area contributed by atoms with E-state index in [0.29, 0.717) is 6.54 Å². The molecule has 0 radical (unpaired) electrons. The summed E-state index contributed by atoms with van der Waals surface area (Å²) in [6, 6.07) is 14.2. The number of amides is 2. The highest BCUT2D eigenvalue weighted by atomic mass is 16.2. The molecule has 1 fully saturated rings. The SMILES string of the molecule is O=C(NCc1ccc(-n2ccnc2)nc1)N1CC[C@H]1c1ccccc1. The standard InChI is InChI=1S/C19H19N5O/c25-19(24-10-8-17(24)16-4-2-1-3-5-16)22-13-15-6-7-18(21-12-15)23-11-9-20-14-23/h1-7,9,11-12,14,17H,8,10,13H2,(H,22,25)/t17-/m0/s1. The summed E-state index contributed by atoms with van der Waals surface area (Å²) in [6.45, 7) is 1.26. The highest BCUT2D eigenvalue weighted by Gasteiger charge is 2.32. The maximum absolute atomic E-state index is 12.4. The lowest BCUT2D eigenvalue weighted by Crippen LogP contribution is -2.49. The first-order valence-electron chi connectivity index (χ1n) is 8.34. The zero-order chi connectivity index (χ0) is 17.1. The van der Waals surface area contributed by atoms with Crippen LogP contribution in [0.3, 0.4) is 0 Å². The number of imidazole rings is 1. The van der Waals surface area contributed by atoms with Gasteiger partial charge in [-0.3, -0.25) is 4.57 Å². The lowest BCUT2D eigenvalue weighted by atomic mass is 9.95. The lowest BCUT2D eigenvalue weighted by molar-refractivity contribution is 0.115. The number of nitrogens with zero attached hydrogens (tertiary/aromatic N) is 4. The van der Waals surface area contributed by atoms with Gasteiger partial charge in [-0.05, 0) is 23.6 Å². The second kappa shape index (κ2) is 6.76. The van der Waals surface area contributed by atoms with Crippen LogP contribution in [0, 0.1) is 0 Å². The van der Waals surface area contributed by atoms with Crippen LogP contribution in [-0.4, -0.2) is 32.0 Å². The first-order valence-corrected chi connectivity index (χ1v) is 8.34. The summed E-state index contributed by atoms with van der Waals surface area (Å²) in [5.74, 6) is 0.805. The maximum atomic E-state index is 12.4. The summed E-state index contributed by atoms with van der Waals surface area (Å²) < 4.78 is 1.84. The third-order valence-electron chi connectivity index (χ3n) is 4.49. The van der Waals surface area contributed by atoms with E-state index >= 15 is 0 Å². The van der Waals surface area contributed by atoms with Gasteiger partial charge in [0.05, 0.1) is 6.04 Å². The Morgan fingerprint density at radius 2 is 2.08 bits per heavy atom. The molecule has 1 aliphatic heterocycles. The Morgan fingerprint density at radius 3 is 2.72 bits per heavy atom. The van der Waals surface area contributed by atoms with Crippen molar-refractivity contribution in [3.05, 3.63) is 78.5 Å². The summed E-state index contributed by atoms with van der Waals surface area (Å²) in [5.41, 5.74) is 2.16. The smallest absolute Gasteiger partial charge is 0.318 e. The number of carbonyl (C=O) groups is 1. The first kappa shape index (κ1) is 15.4. The molecule has 6 nitrogen and oxygen atoms in total. The Morgan fingerprint density at radius 1 is 1.20 bits per heavy atom. The molecular formula is C19H19N5O. The molecule has 0 unspecified atom stereocenters. The average Bonchev–Trinajstić information content (AvgIpc) is 3.15. The van der Waals surface area contributed by atoms with Crippen molar-refractivity contribution in [3.8, 4) is 5.82 Å². The molecule has 25 heavy (non-hydrogen) atoms. The summed E-state index contributed by atoms with van der Waals surface area (Å²) >= 11 is 0. The second-order valence-corrected chi connectivity index (χ2v) is 6.06. The molecule has 2 aromatic heterocycles. The fourth-order valence-corrected chi connectivity index (χ4v) is 3.00. The van der Waals surface area contributed by atoms with Gasteiger partial charge < -0.3 is 10.2 Å². The van der Waals surface area contributed by atoms with Crippen molar-refractivity contribution < 1.29 is 4.79 Å². The van der Waals surface area contributed by atoms with Crippen molar-refractivity contribution in [1.29, 1.82) is 0 Å². The molecule has 0 spiro atoms. The van der Waals surface area contributed by atoms with E-state index in [4.69, 9.17) is 0 Å². The van der Waals surface area contributed by atoms with Crippen LogP contribution in [0.25, 0.3) is 5.82 Å². The minimum atomic E-state index is -0.0289. The van der Waals surface area contributed by atoms with Crippen LogP contribution < -0.4 is 5.32 Å². The number of rotatable bonds is 4. The van der Waals surface area contributed by atoms with Crippen molar-refractivity contribution in [2.45, 2.75) is 19.0 Å². The fourth-order valence-electron chi connectivity index (χ4n) is 3.00. The molecular weight excluding hydrogens is 314 g/mol. The third kappa shape index (κ3) is 3.24. The van der Waals surface area contributed by atoms with E-state index in [-0.39, 0.29) is 12.1 Å². The maximum Gasteiger partial charge on any atom is 0.318 e. The summed E-state index contributed by atoms with van der Waals surface area (Å²) in [6.07, 6.45) is 8.06. The number of benzene rings is 1. The first-order chi connectivity index (χ1) is 12.3. The Kier molecular flexibility index (Phi) is 4.16. The topological polar surface area (TPSA) is 63.1 Å². The molecule has 0 aliphatic carbocycles. The van der Waals surface area contributed by atoms with E-state index in [2.05, 4.69) is 27.4 Å². The molecule has 1 atom stereocenters. The van der Waals surface area contributed by atoms with Gasteiger partial charge in [0.25, 0.3) is 0 Å². The number of hydrogen-bond donors (Lipinski definition) is 1. The largest absolute Gasteiger partial charge is 0.334 e. The van der Waals surface area contributed by atoms with Crippen LogP contribution in [0.15, 0.2) is 67.4 Å². The Balaban J connectivity index is 1.34. The van der Waals surface area contributed by atoms with Crippen LogP contribution in [0.1, 0.15) is 23.6 Å². The van der Waals surface area contributed by atoms with E-state index in [9.17, 15) is 4.79 Å². The number of carbonyl (C=O) groups excluding carboxylic acids is 1. The van der Waals surface area contributed by atoms with Crippen molar-refractivity contribution in [2.75, 3.05) is 6.54 Å². The average molecular weight is 333 g/mol. The molecule has 1 aliphatic rings. The van der Waals surface area contributed by atoms with E-state index < -0.39 is 0 Å². The molecule has 0 saturated carbocycles. The molecule has 6 heteroatoms. The number of hydrogen-bond acceptors (Lipinski definition) is 3. The lowest BCUT2D eigenvalue weighted by Gasteiger charge is -2.41. The normalized spacial score (nSPS) is 16.3. The monoisotopic (exact) mass is 333 g/mol. The zero-order valence-corrected chi connectivity index (χ0v) is 13.7. The van der Waals surface area contributed by atoms with Crippen LogP contribution in [0.4, 0.5) is 4.79 Å².